The maximum Gasteiger partial charge on any atom is 0.303 e. The summed E-state index contributed by atoms with van der Waals surface area (Å²) in [7, 11) is 0. The van der Waals surface area contributed by atoms with Gasteiger partial charge >= 0.3 is 5.97 Å². The highest BCUT2D eigenvalue weighted by Gasteiger charge is 2.39. The Kier molecular flexibility index (Phi) is 2.51. The Hall–Kier alpha value is -0.790. The van der Waals surface area contributed by atoms with E-state index in [4.69, 9.17) is 4.74 Å². The van der Waals surface area contributed by atoms with Crippen molar-refractivity contribution in [2.45, 2.75) is 33.8 Å². The molecule has 1 aliphatic rings. The summed E-state index contributed by atoms with van der Waals surface area (Å²) >= 11 is 0. The number of ether oxygens (including phenoxy) is 1. The number of carbonyl (C=O) groups is 1. The van der Waals surface area contributed by atoms with Crippen LogP contribution in [0.4, 0.5) is 0 Å². The van der Waals surface area contributed by atoms with E-state index in [0.29, 0.717) is 0 Å². The third-order valence-corrected chi connectivity index (χ3v) is 2.66. The van der Waals surface area contributed by atoms with Gasteiger partial charge in [-0.3, -0.25) is 4.79 Å². The Morgan fingerprint density at radius 3 is 2.46 bits per heavy atom. The Bertz CT molecular complexity index is 251. The predicted molar refractivity (Wildman–Crippen MR) is 51.9 cm³/mol. The van der Waals surface area contributed by atoms with Gasteiger partial charge in [0.25, 0.3) is 0 Å². The zero-order valence-electron chi connectivity index (χ0n) is 8.76. The fraction of sp³-hybridized carbons (Fsp3) is 0.636. The van der Waals surface area contributed by atoms with Crippen LogP contribution in [0.25, 0.3) is 0 Å². The van der Waals surface area contributed by atoms with Crippen LogP contribution >= 0.6 is 0 Å². The monoisotopic (exact) mass is 181 g/mol. The van der Waals surface area contributed by atoms with E-state index in [1.165, 1.54) is 6.92 Å². The lowest BCUT2D eigenvalue weighted by Gasteiger charge is -2.26. The average molecular weight is 181 g/mol. The van der Waals surface area contributed by atoms with Crippen LogP contribution in [0.1, 0.15) is 27.7 Å². The van der Waals surface area contributed by atoms with E-state index >= 15 is 0 Å². The van der Waals surface area contributed by atoms with Gasteiger partial charge < -0.3 is 4.74 Å². The molecule has 73 valence electrons. The molecule has 0 spiro atoms. The highest BCUT2D eigenvalue weighted by atomic mass is 16.5. The van der Waals surface area contributed by atoms with Crippen LogP contribution in [0.15, 0.2) is 11.6 Å². The van der Waals surface area contributed by atoms with Crippen molar-refractivity contribution < 1.29 is 9.53 Å². The number of hydrogen-bond acceptors (Lipinski definition) is 2. The number of rotatable bonds is 1. The summed E-state index contributed by atoms with van der Waals surface area (Å²) in [5, 5.41) is 0. The third-order valence-electron chi connectivity index (χ3n) is 2.66. The maximum absolute atomic E-state index is 10.8. The molecule has 0 saturated heterocycles. The first kappa shape index (κ1) is 10.3. The summed E-state index contributed by atoms with van der Waals surface area (Å²) in [6.45, 7) is 11.7. The van der Waals surface area contributed by atoms with E-state index in [2.05, 4.69) is 26.8 Å². The Morgan fingerprint density at radius 1 is 1.62 bits per heavy atom. The van der Waals surface area contributed by atoms with E-state index < -0.39 is 0 Å². The van der Waals surface area contributed by atoms with Gasteiger partial charge in [0.1, 0.15) is 6.10 Å². The lowest BCUT2D eigenvalue weighted by atomic mass is 9.82. The predicted octanol–water partition coefficient (Wildman–Crippen LogP) is 2.35. The Balaban J connectivity index is 2.79. The standard InChI is InChI=1S/C11H17O2/c1-7-6-11(4,5)8(2)10(7)13-9(3)12/h6,8,10H,2H2,1,3-5H3/t8-,10-/m1/s1. The van der Waals surface area contributed by atoms with Crippen LogP contribution in [-0.2, 0) is 9.53 Å². The first-order chi connectivity index (χ1) is 5.84. The lowest BCUT2D eigenvalue weighted by Crippen LogP contribution is -2.28. The normalized spacial score (nSPS) is 31.3. The van der Waals surface area contributed by atoms with Gasteiger partial charge in [-0.15, -0.1) is 0 Å². The molecular weight excluding hydrogens is 164 g/mol. The highest BCUT2D eigenvalue weighted by molar-refractivity contribution is 5.66. The van der Waals surface area contributed by atoms with Crippen molar-refractivity contribution in [2.75, 3.05) is 0 Å². The molecule has 0 unspecified atom stereocenters. The summed E-state index contributed by atoms with van der Waals surface area (Å²) < 4.78 is 5.20. The topological polar surface area (TPSA) is 26.3 Å². The van der Waals surface area contributed by atoms with Gasteiger partial charge in [-0.2, -0.15) is 0 Å². The number of carbonyl (C=O) groups excluding carboxylic acids is 1. The fourth-order valence-corrected chi connectivity index (χ4v) is 1.84. The van der Waals surface area contributed by atoms with Gasteiger partial charge in [0, 0.05) is 12.8 Å². The molecule has 0 amide bonds. The van der Waals surface area contributed by atoms with Crippen molar-refractivity contribution in [3.63, 3.8) is 0 Å². The molecule has 0 aromatic rings. The fourth-order valence-electron chi connectivity index (χ4n) is 1.84. The first-order valence-corrected chi connectivity index (χ1v) is 4.54. The molecule has 13 heavy (non-hydrogen) atoms. The van der Waals surface area contributed by atoms with Crippen LogP contribution in [0.3, 0.4) is 0 Å². The van der Waals surface area contributed by atoms with Crippen molar-refractivity contribution in [3.05, 3.63) is 18.6 Å². The quantitative estimate of drug-likeness (QED) is 0.458. The zero-order chi connectivity index (χ0) is 10.2. The molecule has 0 fully saturated rings. The summed E-state index contributed by atoms with van der Waals surface area (Å²) in [4.78, 5) is 10.8. The summed E-state index contributed by atoms with van der Waals surface area (Å²) in [6, 6.07) is 0. The minimum absolute atomic E-state index is 0.0319. The number of hydrogen-bond donors (Lipinski definition) is 0. The van der Waals surface area contributed by atoms with Gasteiger partial charge in [-0.1, -0.05) is 19.9 Å². The van der Waals surface area contributed by atoms with Crippen molar-refractivity contribution in [2.24, 2.45) is 11.3 Å². The SMILES string of the molecule is [CH2][C@@H]1[C@H](OC(C)=O)C(C)=CC1(C)C. The lowest BCUT2D eigenvalue weighted by molar-refractivity contribution is -0.146. The van der Waals surface area contributed by atoms with Crippen molar-refractivity contribution in [3.8, 4) is 0 Å². The minimum Gasteiger partial charge on any atom is -0.458 e. The van der Waals surface area contributed by atoms with Crippen molar-refractivity contribution in [1.82, 2.24) is 0 Å². The molecule has 0 aromatic heterocycles. The van der Waals surface area contributed by atoms with E-state index in [1.54, 1.807) is 0 Å². The molecule has 1 rings (SSSR count). The van der Waals surface area contributed by atoms with Crippen LogP contribution in [0.2, 0.25) is 0 Å². The zero-order valence-corrected chi connectivity index (χ0v) is 8.76. The molecule has 1 aliphatic carbocycles. The van der Waals surface area contributed by atoms with Gasteiger partial charge in [0.05, 0.1) is 0 Å². The van der Waals surface area contributed by atoms with Crippen LogP contribution in [0.5, 0.6) is 0 Å². The second-order valence-electron chi connectivity index (χ2n) is 4.35. The van der Waals surface area contributed by atoms with Crippen molar-refractivity contribution in [1.29, 1.82) is 0 Å². The van der Waals surface area contributed by atoms with E-state index in [0.717, 1.165) is 5.57 Å². The maximum atomic E-state index is 10.8. The summed E-state index contributed by atoms with van der Waals surface area (Å²) in [6.07, 6.45) is 2.01. The second-order valence-corrected chi connectivity index (χ2v) is 4.35. The molecule has 2 heteroatoms. The van der Waals surface area contributed by atoms with Crippen LogP contribution in [0, 0.1) is 18.3 Å². The number of esters is 1. The Labute approximate surface area is 80.0 Å². The van der Waals surface area contributed by atoms with Gasteiger partial charge in [0.2, 0.25) is 0 Å². The molecule has 0 aliphatic heterocycles. The van der Waals surface area contributed by atoms with Gasteiger partial charge in [0.15, 0.2) is 0 Å². The smallest absolute Gasteiger partial charge is 0.303 e. The molecule has 0 N–H and O–H groups in total. The van der Waals surface area contributed by atoms with Crippen molar-refractivity contribution >= 4 is 5.97 Å². The molecule has 0 saturated carbocycles. The second kappa shape index (κ2) is 3.17. The van der Waals surface area contributed by atoms with Gasteiger partial charge in [-0.25, -0.2) is 0 Å². The van der Waals surface area contributed by atoms with E-state index in [-0.39, 0.29) is 23.4 Å². The molecular formula is C11H17O2. The van der Waals surface area contributed by atoms with E-state index in [9.17, 15) is 4.79 Å². The molecule has 2 nitrogen and oxygen atoms in total. The van der Waals surface area contributed by atoms with Gasteiger partial charge in [-0.05, 0) is 24.8 Å². The largest absolute Gasteiger partial charge is 0.458 e. The summed E-state index contributed by atoms with van der Waals surface area (Å²) in [5.41, 5.74) is 1.14. The highest BCUT2D eigenvalue weighted by Crippen LogP contribution is 2.41. The number of allylic oxidation sites excluding steroid dienone is 1. The molecule has 0 bridgehead atoms. The molecule has 0 aromatic carbocycles. The van der Waals surface area contributed by atoms with Crippen LogP contribution in [-0.4, -0.2) is 12.1 Å². The summed E-state index contributed by atoms with van der Waals surface area (Å²) in [5.74, 6) is -0.111. The average Bonchev–Trinajstić information content (AvgIpc) is 2.12. The minimum atomic E-state index is -0.232. The Morgan fingerprint density at radius 2 is 2.15 bits per heavy atom. The molecule has 0 heterocycles. The van der Waals surface area contributed by atoms with E-state index in [1.807, 2.05) is 6.92 Å². The molecule has 2 atom stereocenters. The third kappa shape index (κ3) is 1.93. The first-order valence-electron chi connectivity index (χ1n) is 4.54. The van der Waals surface area contributed by atoms with Crippen LogP contribution < -0.4 is 0 Å². The molecule has 1 radical (unpaired) electrons.